The van der Waals surface area contributed by atoms with E-state index in [4.69, 9.17) is 0 Å². The first-order chi connectivity index (χ1) is 13.7. The van der Waals surface area contributed by atoms with Gasteiger partial charge in [-0.25, -0.2) is 0 Å². The maximum absolute atomic E-state index is 12.7. The second-order valence-corrected chi connectivity index (χ2v) is 7.05. The third kappa shape index (κ3) is 3.96. The number of amides is 1. The summed E-state index contributed by atoms with van der Waals surface area (Å²) >= 11 is 0. The van der Waals surface area contributed by atoms with Crippen LogP contribution in [0, 0.1) is 6.92 Å². The number of para-hydroxylation sites is 1. The summed E-state index contributed by atoms with van der Waals surface area (Å²) in [5.74, 6) is 0.00184. The van der Waals surface area contributed by atoms with Crippen LogP contribution in [0.15, 0.2) is 79.1 Å². The fourth-order valence-corrected chi connectivity index (χ4v) is 3.54. The van der Waals surface area contributed by atoms with Crippen LogP contribution in [0.2, 0.25) is 0 Å². The van der Waals surface area contributed by atoms with Crippen LogP contribution in [0.25, 0.3) is 10.9 Å². The van der Waals surface area contributed by atoms with Gasteiger partial charge in [0, 0.05) is 35.6 Å². The molecular formula is C24H23N3O. The van der Waals surface area contributed by atoms with Crippen molar-refractivity contribution in [3.05, 3.63) is 102 Å². The number of hydrogen-bond donors (Lipinski definition) is 2. The van der Waals surface area contributed by atoms with E-state index >= 15 is 0 Å². The molecule has 0 bridgehead atoms. The maximum atomic E-state index is 12.7. The molecule has 4 rings (SSSR count). The van der Waals surface area contributed by atoms with Crippen molar-refractivity contribution in [1.29, 1.82) is 0 Å². The quantitative estimate of drug-likeness (QED) is 0.517. The molecule has 1 unspecified atom stereocenters. The summed E-state index contributed by atoms with van der Waals surface area (Å²) in [5.41, 5.74) is 5.44. The van der Waals surface area contributed by atoms with E-state index in [0.717, 1.165) is 27.7 Å². The Morgan fingerprint density at radius 3 is 2.61 bits per heavy atom. The van der Waals surface area contributed by atoms with Crippen molar-refractivity contribution in [2.75, 3.05) is 0 Å². The predicted molar refractivity (Wildman–Crippen MR) is 112 cm³/mol. The lowest BCUT2D eigenvalue weighted by molar-refractivity contribution is -0.121. The zero-order valence-electron chi connectivity index (χ0n) is 15.9. The predicted octanol–water partition coefficient (Wildman–Crippen LogP) is 4.71. The fraction of sp³-hybridized carbons (Fsp3) is 0.167. The average Bonchev–Trinajstić information content (AvgIpc) is 3.16. The van der Waals surface area contributed by atoms with Gasteiger partial charge in [-0.05, 0) is 36.2 Å². The lowest BCUT2D eigenvalue weighted by Crippen LogP contribution is -2.25. The molecule has 0 saturated heterocycles. The number of benzene rings is 2. The van der Waals surface area contributed by atoms with Gasteiger partial charge in [-0.15, -0.1) is 0 Å². The smallest absolute Gasteiger partial charge is 0.221 e. The van der Waals surface area contributed by atoms with Crippen LogP contribution in [0.4, 0.5) is 0 Å². The molecule has 4 nitrogen and oxygen atoms in total. The van der Waals surface area contributed by atoms with Crippen molar-refractivity contribution >= 4 is 16.8 Å². The molecule has 0 spiro atoms. The Morgan fingerprint density at radius 2 is 1.82 bits per heavy atom. The molecule has 0 saturated carbocycles. The standard InChI is InChI=1S/C24H23N3O/c1-17-9-11-18(12-10-17)21(22-16-26-23-8-3-2-7-20(22)23)14-24(28)27-15-19-6-4-5-13-25-19/h2-13,16,21,26H,14-15H2,1H3,(H,27,28). The molecule has 4 aromatic rings. The van der Waals surface area contributed by atoms with Gasteiger partial charge in [-0.1, -0.05) is 54.1 Å². The Hall–Kier alpha value is -3.40. The molecule has 0 aliphatic carbocycles. The van der Waals surface area contributed by atoms with Gasteiger partial charge in [0.05, 0.1) is 12.2 Å². The van der Waals surface area contributed by atoms with Crippen LogP contribution in [0.3, 0.4) is 0 Å². The number of nitrogens with one attached hydrogen (secondary N) is 2. The number of carbonyl (C=O) groups is 1. The summed E-state index contributed by atoms with van der Waals surface area (Å²) in [6.07, 6.45) is 4.15. The van der Waals surface area contributed by atoms with E-state index in [1.165, 1.54) is 5.56 Å². The minimum absolute atomic E-state index is 0.0134. The molecule has 0 radical (unpaired) electrons. The van der Waals surface area contributed by atoms with E-state index in [1.807, 2.05) is 36.5 Å². The van der Waals surface area contributed by atoms with E-state index in [-0.39, 0.29) is 11.8 Å². The second kappa shape index (κ2) is 8.09. The van der Waals surface area contributed by atoms with E-state index in [1.54, 1.807) is 6.20 Å². The topological polar surface area (TPSA) is 57.8 Å². The number of aromatic nitrogens is 2. The third-order valence-electron chi connectivity index (χ3n) is 5.06. The molecule has 0 aliphatic rings. The molecule has 1 atom stereocenters. The van der Waals surface area contributed by atoms with Gasteiger partial charge in [-0.3, -0.25) is 9.78 Å². The lowest BCUT2D eigenvalue weighted by atomic mass is 9.87. The molecule has 28 heavy (non-hydrogen) atoms. The first-order valence-corrected chi connectivity index (χ1v) is 9.50. The Bertz CT molecular complexity index is 1070. The number of hydrogen-bond acceptors (Lipinski definition) is 2. The third-order valence-corrected chi connectivity index (χ3v) is 5.06. The highest BCUT2D eigenvalue weighted by atomic mass is 16.1. The summed E-state index contributed by atoms with van der Waals surface area (Å²) in [6.45, 7) is 2.51. The van der Waals surface area contributed by atoms with Crippen molar-refractivity contribution < 1.29 is 4.79 Å². The number of fused-ring (bicyclic) bond motifs is 1. The van der Waals surface area contributed by atoms with Gasteiger partial charge in [0.1, 0.15) is 0 Å². The largest absolute Gasteiger partial charge is 0.361 e. The minimum Gasteiger partial charge on any atom is -0.361 e. The van der Waals surface area contributed by atoms with Gasteiger partial charge in [-0.2, -0.15) is 0 Å². The number of pyridine rings is 1. The minimum atomic E-state index is -0.0134. The highest BCUT2D eigenvalue weighted by Gasteiger charge is 2.21. The van der Waals surface area contributed by atoms with Crippen LogP contribution >= 0.6 is 0 Å². The number of nitrogens with zero attached hydrogens (tertiary/aromatic N) is 1. The molecule has 4 heteroatoms. The summed E-state index contributed by atoms with van der Waals surface area (Å²) < 4.78 is 0. The van der Waals surface area contributed by atoms with E-state index < -0.39 is 0 Å². The van der Waals surface area contributed by atoms with Gasteiger partial charge < -0.3 is 10.3 Å². The van der Waals surface area contributed by atoms with Gasteiger partial charge in [0.25, 0.3) is 0 Å². The molecule has 2 N–H and O–H groups in total. The van der Waals surface area contributed by atoms with Gasteiger partial charge >= 0.3 is 0 Å². The van der Waals surface area contributed by atoms with Gasteiger partial charge in [0.2, 0.25) is 5.91 Å². The Kier molecular flexibility index (Phi) is 5.20. The van der Waals surface area contributed by atoms with Crippen LogP contribution in [-0.2, 0) is 11.3 Å². The molecule has 2 aromatic carbocycles. The number of aromatic amines is 1. The number of carbonyl (C=O) groups excluding carboxylic acids is 1. The molecular weight excluding hydrogens is 346 g/mol. The van der Waals surface area contributed by atoms with E-state index in [2.05, 4.69) is 58.6 Å². The van der Waals surface area contributed by atoms with Crippen LogP contribution in [0.1, 0.15) is 34.7 Å². The summed E-state index contributed by atoms with van der Waals surface area (Å²) in [4.78, 5) is 20.4. The Morgan fingerprint density at radius 1 is 1.04 bits per heavy atom. The van der Waals surface area contributed by atoms with E-state index in [9.17, 15) is 4.79 Å². The zero-order valence-corrected chi connectivity index (χ0v) is 15.9. The molecule has 0 aliphatic heterocycles. The highest BCUT2D eigenvalue weighted by Crippen LogP contribution is 2.33. The van der Waals surface area contributed by atoms with Crippen molar-refractivity contribution in [2.24, 2.45) is 0 Å². The maximum Gasteiger partial charge on any atom is 0.221 e. The van der Waals surface area contributed by atoms with Crippen molar-refractivity contribution in [2.45, 2.75) is 25.8 Å². The summed E-state index contributed by atoms with van der Waals surface area (Å²) in [7, 11) is 0. The monoisotopic (exact) mass is 369 g/mol. The molecule has 2 heterocycles. The van der Waals surface area contributed by atoms with E-state index in [0.29, 0.717) is 13.0 Å². The van der Waals surface area contributed by atoms with Crippen molar-refractivity contribution in [1.82, 2.24) is 15.3 Å². The highest BCUT2D eigenvalue weighted by molar-refractivity contribution is 5.86. The molecule has 0 fully saturated rings. The number of aryl methyl sites for hydroxylation is 1. The van der Waals surface area contributed by atoms with Crippen molar-refractivity contribution in [3.8, 4) is 0 Å². The Labute approximate surface area is 164 Å². The normalized spacial score (nSPS) is 12.0. The summed E-state index contributed by atoms with van der Waals surface area (Å²) in [5, 5.41) is 4.17. The number of rotatable bonds is 6. The lowest BCUT2D eigenvalue weighted by Gasteiger charge is -2.17. The molecule has 140 valence electrons. The Balaban J connectivity index is 1.60. The SMILES string of the molecule is Cc1ccc(C(CC(=O)NCc2ccccn2)c2c[nH]c3ccccc23)cc1. The fourth-order valence-electron chi connectivity index (χ4n) is 3.54. The first-order valence-electron chi connectivity index (χ1n) is 9.50. The van der Waals surface area contributed by atoms with Crippen molar-refractivity contribution in [3.63, 3.8) is 0 Å². The average molecular weight is 369 g/mol. The van der Waals surface area contributed by atoms with Crippen LogP contribution < -0.4 is 5.32 Å². The van der Waals surface area contributed by atoms with Crippen LogP contribution in [0.5, 0.6) is 0 Å². The zero-order chi connectivity index (χ0) is 19.3. The second-order valence-electron chi connectivity index (χ2n) is 7.05. The first kappa shape index (κ1) is 18.0. The summed E-state index contributed by atoms with van der Waals surface area (Å²) in [6, 6.07) is 22.4. The van der Waals surface area contributed by atoms with Gasteiger partial charge in [0.15, 0.2) is 0 Å². The molecule has 2 aromatic heterocycles. The number of H-pyrrole nitrogens is 1. The molecule has 1 amide bonds. The van der Waals surface area contributed by atoms with Crippen LogP contribution in [-0.4, -0.2) is 15.9 Å².